The van der Waals surface area contributed by atoms with Crippen molar-refractivity contribution >= 4 is 23.2 Å². The van der Waals surface area contributed by atoms with Crippen LogP contribution in [-0.2, 0) is 9.59 Å². The third-order valence-electron chi connectivity index (χ3n) is 6.19. The number of rotatable bonds is 3. The number of hydrogen-bond acceptors (Lipinski definition) is 2. The van der Waals surface area contributed by atoms with Crippen LogP contribution in [0.4, 0.5) is 11.4 Å². The molecule has 1 saturated heterocycles. The molecule has 0 radical (unpaired) electrons. The molecular formula is C27H28N2O2. The number of carbonyl (C=O) groups excluding carboxylic acids is 2. The summed E-state index contributed by atoms with van der Waals surface area (Å²) in [4.78, 5) is 30.8. The summed E-state index contributed by atoms with van der Waals surface area (Å²) < 4.78 is 0. The fourth-order valence-corrected chi connectivity index (χ4v) is 4.31. The highest BCUT2D eigenvalue weighted by atomic mass is 16.2. The zero-order valence-corrected chi connectivity index (χ0v) is 18.8. The molecule has 3 aromatic rings. The summed E-state index contributed by atoms with van der Waals surface area (Å²) in [5.41, 5.74) is 7.75. The highest BCUT2D eigenvalue weighted by Crippen LogP contribution is 2.37. The van der Waals surface area contributed by atoms with Gasteiger partial charge in [0.2, 0.25) is 5.91 Å². The molecule has 0 aliphatic carbocycles. The van der Waals surface area contributed by atoms with E-state index in [2.05, 4.69) is 6.07 Å². The average molecular weight is 413 g/mol. The Kier molecular flexibility index (Phi) is 5.40. The smallest absolute Gasteiger partial charge is 0.255 e. The standard InChI is InChI=1S/C27H28N2O2/c1-17-9-12-22(13-10-17)26-27(31)28(24-8-6-7-19(3)21(24)5)16-25(30)29(26)23-14-11-18(2)15-20(23)4/h6-15,26H,16H2,1-5H3/t26-/m0/s1. The third kappa shape index (κ3) is 3.74. The molecule has 0 bridgehead atoms. The Hall–Kier alpha value is -3.40. The van der Waals surface area contributed by atoms with Gasteiger partial charge in [0.15, 0.2) is 0 Å². The number of nitrogens with zero attached hydrogens (tertiary/aromatic N) is 2. The van der Waals surface area contributed by atoms with Crippen LogP contribution >= 0.6 is 0 Å². The van der Waals surface area contributed by atoms with E-state index < -0.39 is 6.04 Å². The van der Waals surface area contributed by atoms with Crippen LogP contribution in [0, 0.1) is 34.6 Å². The summed E-state index contributed by atoms with van der Waals surface area (Å²) in [6.07, 6.45) is 0. The summed E-state index contributed by atoms with van der Waals surface area (Å²) in [5.74, 6) is -0.171. The molecule has 0 saturated carbocycles. The van der Waals surface area contributed by atoms with Gasteiger partial charge in [-0.25, -0.2) is 0 Å². The molecule has 1 aliphatic heterocycles. The summed E-state index contributed by atoms with van der Waals surface area (Å²) in [6.45, 7) is 10.1. The molecule has 0 spiro atoms. The number of benzene rings is 3. The van der Waals surface area contributed by atoms with Crippen LogP contribution in [0.15, 0.2) is 60.7 Å². The Labute approximate surface area is 184 Å². The molecule has 0 N–H and O–H groups in total. The van der Waals surface area contributed by atoms with Gasteiger partial charge in [-0.2, -0.15) is 0 Å². The second-order valence-electron chi connectivity index (χ2n) is 8.51. The first-order valence-corrected chi connectivity index (χ1v) is 10.6. The number of piperazine rings is 1. The molecule has 0 aromatic heterocycles. The number of anilines is 2. The van der Waals surface area contributed by atoms with E-state index in [9.17, 15) is 9.59 Å². The summed E-state index contributed by atoms with van der Waals surface area (Å²) in [7, 11) is 0. The van der Waals surface area contributed by atoms with E-state index in [0.29, 0.717) is 0 Å². The van der Waals surface area contributed by atoms with Crippen molar-refractivity contribution in [3.63, 3.8) is 0 Å². The normalized spacial score (nSPS) is 16.7. The van der Waals surface area contributed by atoms with E-state index in [1.54, 1.807) is 9.80 Å². The van der Waals surface area contributed by atoms with E-state index in [0.717, 1.165) is 44.8 Å². The minimum absolute atomic E-state index is 0.0266. The molecule has 2 amide bonds. The van der Waals surface area contributed by atoms with Crippen LogP contribution in [0.1, 0.15) is 39.4 Å². The van der Waals surface area contributed by atoms with Gasteiger partial charge in [-0.15, -0.1) is 0 Å². The highest BCUT2D eigenvalue weighted by molar-refractivity contribution is 6.15. The first kappa shape index (κ1) is 20.9. The quantitative estimate of drug-likeness (QED) is 0.582. The van der Waals surface area contributed by atoms with Crippen LogP contribution in [-0.4, -0.2) is 18.4 Å². The van der Waals surface area contributed by atoms with E-state index in [-0.39, 0.29) is 18.4 Å². The van der Waals surface area contributed by atoms with Crippen molar-refractivity contribution in [1.29, 1.82) is 0 Å². The molecule has 1 atom stereocenters. The lowest BCUT2D eigenvalue weighted by molar-refractivity contribution is -0.128. The van der Waals surface area contributed by atoms with E-state index in [4.69, 9.17) is 0 Å². The second kappa shape index (κ2) is 8.03. The predicted molar refractivity (Wildman–Crippen MR) is 126 cm³/mol. The highest BCUT2D eigenvalue weighted by Gasteiger charge is 2.42. The van der Waals surface area contributed by atoms with Gasteiger partial charge in [0.1, 0.15) is 12.6 Å². The number of amides is 2. The minimum Gasteiger partial charge on any atom is -0.301 e. The van der Waals surface area contributed by atoms with Crippen LogP contribution in [0.25, 0.3) is 0 Å². The van der Waals surface area contributed by atoms with Crippen LogP contribution in [0.5, 0.6) is 0 Å². The lowest BCUT2D eigenvalue weighted by Gasteiger charge is -2.41. The van der Waals surface area contributed by atoms with Crippen molar-refractivity contribution in [2.45, 2.75) is 40.7 Å². The van der Waals surface area contributed by atoms with Gasteiger partial charge in [0.25, 0.3) is 5.91 Å². The van der Waals surface area contributed by atoms with Crippen molar-refractivity contribution < 1.29 is 9.59 Å². The number of hydrogen-bond donors (Lipinski definition) is 0. The molecule has 3 aromatic carbocycles. The molecule has 31 heavy (non-hydrogen) atoms. The van der Waals surface area contributed by atoms with Crippen molar-refractivity contribution in [3.8, 4) is 0 Å². The molecule has 1 heterocycles. The van der Waals surface area contributed by atoms with Crippen molar-refractivity contribution in [1.82, 2.24) is 0 Å². The Morgan fingerprint density at radius 3 is 2.10 bits per heavy atom. The Morgan fingerprint density at radius 2 is 1.42 bits per heavy atom. The zero-order valence-electron chi connectivity index (χ0n) is 18.8. The largest absolute Gasteiger partial charge is 0.301 e. The first-order chi connectivity index (χ1) is 14.8. The second-order valence-corrected chi connectivity index (χ2v) is 8.51. The minimum atomic E-state index is -0.705. The van der Waals surface area contributed by atoms with Crippen LogP contribution in [0.2, 0.25) is 0 Å². The molecular weight excluding hydrogens is 384 g/mol. The van der Waals surface area contributed by atoms with Gasteiger partial charge < -0.3 is 4.90 Å². The molecule has 4 rings (SSSR count). The Bertz CT molecular complexity index is 1160. The molecule has 4 nitrogen and oxygen atoms in total. The fourth-order valence-electron chi connectivity index (χ4n) is 4.31. The maximum atomic E-state index is 13.9. The third-order valence-corrected chi connectivity index (χ3v) is 6.19. The maximum Gasteiger partial charge on any atom is 0.255 e. The zero-order chi connectivity index (χ0) is 22.3. The van der Waals surface area contributed by atoms with Gasteiger partial charge >= 0.3 is 0 Å². The number of aryl methyl sites for hydroxylation is 4. The van der Waals surface area contributed by atoms with Crippen molar-refractivity contribution in [3.05, 3.63) is 94.0 Å². The summed E-state index contributed by atoms with van der Waals surface area (Å²) in [6, 6.07) is 19.1. The average Bonchev–Trinajstić information content (AvgIpc) is 2.73. The van der Waals surface area contributed by atoms with Gasteiger partial charge in [0, 0.05) is 11.4 Å². The lowest BCUT2D eigenvalue weighted by Crippen LogP contribution is -2.56. The van der Waals surface area contributed by atoms with E-state index >= 15 is 0 Å². The van der Waals surface area contributed by atoms with Gasteiger partial charge in [-0.3, -0.25) is 14.5 Å². The Balaban J connectivity index is 1.87. The predicted octanol–water partition coefficient (Wildman–Crippen LogP) is 5.35. The van der Waals surface area contributed by atoms with Crippen molar-refractivity contribution in [2.75, 3.05) is 16.3 Å². The van der Waals surface area contributed by atoms with Crippen LogP contribution < -0.4 is 9.80 Å². The van der Waals surface area contributed by atoms with E-state index in [1.807, 2.05) is 89.2 Å². The van der Waals surface area contributed by atoms with Crippen LogP contribution in [0.3, 0.4) is 0 Å². The topological polar surface area (TPSA) is 40.6 Å². The first-order valence-electron chi connectivity index (χ1n) is 10.6. The van der Waals surface area contributed by atoms with Gasteiger partial charge in [-0.05, 0) is 69.0 Å². The monoisotopic (exact) mass is 412 g/mol. The lowest BCUT2D eigenvalue weighted by atomic mass is 9.96. The molecule has 1 aliphatic rings. The molecule has 1 fully saturated rings. The maximum absolute atomic E-state index is 13.9. The fraction of sp³-hybridized carbons (Fsp3) is 0.259. The van der Waals surface area contributed by atoms with Crippen molar-refractivity contribution in [2.24, 2.45) is 0 Å². The molecule has 4 heteroatoms. The number of carbonyl (C=O) groups is 2. The summed E-state index contributed by atoms with van der Waals surface area (Å²) >= 11 is 0. The van der Waals surface area contributed by atoms with Gasteiger partial charge in [-0.1, -0.05) is 59.7 Å². The van der Waals surface area contributed by atoms with Gasteiger partial charge in [0.05, 0.1) is 0 Å². The Morgan fingerprint density at radius 1 is 0.742 bits per heavy atom. The summed E-state index contributed by atoms with van der Waals surface area (Å²) in [5, 5.41) is 0. The molecule has 0 unspecified atom stereocenters. The molecule has 158 valence electrons. The van der Waals surface area contributed by atoms with E-state index in [1.165, 1.54) is 0 Å². The SMILES string of the molecule is Cc1ccc([C@H]2C(=O)N(c3cccc(C)c3C)CC(=O)N2c2ccc(C)cc2C)cc1.